The number of nitrogens with zero attached hydrogens (tertiary/aromatic N) is 3. The highest BCUT2D eigenvalue weighted by Crippen LogP contribution is 2.29. The number of thiazole rings is 1. The van der Waals surface area contributed by atoms with Crippen LogP contribution in [0.1, 0.15) is 12.5 Å². The number of methoxy groups -OCH3 is 3. The van der Waals surface area contributed by atoms with E-state index in [9.17, 15) is 0 Å². The third-order valence-corrected chi connectivity index (χ3v) is 6.17. The van der Waals surface area contributed by atoms with Gasteiger partial charge in [0.15, 0.2) is 0 Å². The minimum absolute atomic E-state index is 0.735. The van der Waals surface area contributed by atoms with E-state index in [0.29, 0.717) is 0 Å². The van der Waals surface area contributed by atoms with Crippen molar-refractivity contribution in [2.45, 2.75) is 6.92 Å². The zero-order valence-electron chi connectivity index (χ0n) is 18.7. The Balaban J connectivity index is 1.84. The Morgan fingerprint density at radius 3 is 2.25 bits per heavy atom. The van der Waals surface area contributed by atoms with Gasteiger partial charge in [-0.15, -0.1) is 11.3 Å². The number of hydrogen-bond donors (Lipinski definition) is 0. The van der Waals surface area contributed by atoms with E-state index in [1.807, 2.05) is 41.9 Å². The van der Waals surface area contributed by atoms with Crippen molar-refractivity contribution in [2.24, 2.45) is 10.1 Å². The van der Waals surface area contributed by atoms with Gasteiger partial charge in [0.2, 0.25) is 4.80 Å². The smallest absolute Gasteiger partial charge is 0.205 e. The van der Waals surface area contributed by atoms with E-state index in [0.717, 1.165) is 55.4 Å². The van der Waals surface area contributed by atoms with E-state index in [4.69, 9.17) is 19.3 Å². The zero-order chi connectivity index (χ0) is 22.7. The molecule has 0 atom stereocenters. The average Bonchev–Trinajstić information content (AvgIpc) is 3.25. The molecular formula is C25H25N3O3S. The Hall–Kier alpha value is -3.58. The zero-order valence-corrected chi connectivity index (χ0v) is 19.6. The van der Waals surface area contributed by atoms with Gasteiger partial charge in [-0.2, -0.15) is 5.10 Å². The van der Waals surface area contributed by atoms with Crippen LogP contribution in [0.4, 0.5) is 0 Å². The summed E-state index contributed by atoms with van der Waals surface area (Å²) in [6.07, 6.45) is 0. The number of benzene rings is 3. The lowest BCUT2D eigenvalue weighted by Crippen LogP contribution is -2.14. The molecule has 6 nitrogen and oxygen atoms in total. The van der Waals surface area contributed by atoms with Gasteiger partial charge >= 0.3 is 0 Å². The molecule has 0 spiro atoms. The fourth-order valence-electron chi connectivity index (χ4n) is 3.56. The fraction of sp³-hybridized carbons (Fsp3) is 0.200. The number of aromatic nitrogens is 1. The first kappa shape index (κ1) is 21.6. The molecule has 0 amide bonds. The summed E-state index contributed by atoms with van der Waals surface area (Å²) >= 11 is 1.55. The summed E-state index contributed by atoms with van der Waals surface area (Å²) in [4.78, 5) is 5.23. The van der Waals surface area contributed by atoms with Crippen molar-refractivity contribution in [3.8, 4) is 28.5 Å². The van der Waals surface area contributed by atoms with Gasteiger partial charge in [-0.3, -0.25) is 4.99 Å². The molecule has 32 heavy (non-hydrogen) atoms. The van der Waals surface area contributed by atoms with Gasteiger partial charge in [-0.25, -0.2) is 4.68 Å². The Bertz CT molecular complexity index is 1370. The molecule has 0 aliphatic rings. The molecule has 0 aliphatic carbocycles. The molecule has 0 N–H and O–H groups in total. The summed E-state index contributed by atoms with van der Waals surface area (Å²) in [5.41, 5.74) is 3.68. The Morgan fingerprint density at radius 1 is 0.844 bits per heavy atom. The molecule has 0 fully saturated rings. The Kier molecular flexibility index (Phi) is 6.28. The molecule has 164 valence electrons. The second kappa shape index (κ2) is 9.28. The first-order chi connectivity index (χ1) is 15.6. The maximum Gasteiger partial charge on any atom is 0.205 e. The first-order valence-corrected chi connectivity index (χ1v) is 11.0. The number of fused-ring (bicyclic) bond motifs is 1. The number of hydrogen-bond acceptors (Lipinski definition) is 6. The molecule has 0 aliphatic heterocycles. The quantitative estimate of drug-likeness (QED) is 0.382. The highest BCUT2D eigenvalue weighted by Gasteiger charge is 2.12. The molecule has 1 aromatic heterocycles. The predicted octanol–water partition coefficient (Wildman–Crippen LogP) is 5.20. The predicted molar refractivity (Wildman–Crippen MR) is 130 cm³/mol. The van der Waals surface area contributed by atoms with E-state index < -0.39 is 0 Å². The maximum absolute atomic E-state index is 5.55. The van der Waals surface area contributed by atoms with Crippen LogP contribution < -0.4 is 19.0 Å². The average molecular weight is 448 g/mol. The van der Waals surface area contributed by atoms with Gasteiger partial charge < -0.3 is 14.2 Å². The molecule has 0 saturated carbocycles. The number of rotatable bonds is 6. The van der Waals surface area contributed by atoms with Crippen molar-refractivity contribution in [1.82, 2.24) is 4.68 Å². The van der Waals surface area contributed by atoms with Crippen LogP contribution in [0, 0.1) is 0 Å². The van der Waals surface area contributed by atoms with E-state index in [2.05, 4.69) is 34.6 Å². The molecule has 3 aromatic carbocycles. The third-order valence-electron chi connectivity index (χ3n) is 5.27. The fourth-order valence-corrected chi connectivity index (χ4v) is 4.35. The third kappa shape index (κ3) is 4.11. The van der Waals surface area contributed by atoms with Crippen molar-refractivity contribution in [1.29, 1.82) is 0 Å². The monoisotopic (exact) mass is 447 g/mol. The lowest BCUT2D eigenvalue weighted by atomic mass is 10.1. The summed E-state index contributed by atoms with van der Waals surface area (Å²) in [5.74, 6) is 2.32. The Morgan fingerprint density at radius 2 is 1.53 bits per heavy atom. The van der Waals surface area contributed by atoms with Crippen molar-refractivity contribution >= 4 is 27.8 Å². The Labute approximate surface area is 191 Å². The minimum atomic E-state index is 0.735. The molecule has 1 heterocycles. The number of ether oxygens (including phenoxy) is 3. The van der Waals surface area contributed by atoms with Gasteiger partial charge in [-0.05, 0) is 54.1 Å². The molecule has 0 unspecified atom stereocenters. The van der Waals surface area contributed by atoms with Crippen LogP contribution in [-0.4, -0.2) is 38.8 Å². The molecule has 0 saturated heterocycles. The van der Waals surface area contributed by atoms with E-state index in [1.54, 1.807) is 39.7 Å². The van der Waals surface area contributed by atoms with Crippen LogP contribution in [0.15, 0.2) is 70.1 Å². The summed E-state index contributed by atoms with van der Waals surface area (Å²) in [5, 5.41) is 9.25. The summed E-state index contributed by atoms with van der Waals surface area (Å²) in [6.45, 7) is 1.96. The summed E-state index contributed by atoms with van der Waals surface area (Å²) < 4.78 is 18.2. The molecular weight excluding hydrogens is 422 g/mol. The van der Waals surface area contributed by atoms with Gasteiger partial charge in [0.05, 0.1) is 32.7 Å². The highest BCUT2D eigenvalue weighted by molar-refractivity contribution is 7.07. The SMILES string of the molecule is CN=c1scc(-c2ccc3cc(OC)ccc3c2)n1N=C(C)c1cc(OC)ccc1OC. The largest absolute Gasteiger partial charge is 0.497 e. The van der Waals surface area contributed by atoms with Gasteiger partial charge in [0.25, 0.3) is 0 Å². The van der Waals surface area contributed by atoms with E-state index in [-0.39, 0.29) is 0 Å². The van der Waals surface area contributed by atoms with E-state index in [1.165, 1.54) is 0 Å². The normalized spacial score (nSPS) is 12.3. The van der Waals surface area contributed by atoms with Gasteiger partial charge in [0, 0.05) is 23.6 Å². The molecule has 0 bridgehead atoms. The highest BCUT2D eigenvalue weighted by atomic mass is 32.1. The van der Waals surface area contributed by atoms with Crippen LogP contribution >= 0.6 is 11.3 Å². The van der Waals surface area contributed by atoms with Crippen molar-refractivity contribution in [3.63, 3.8) is 0 Å². The van der Waals surface area contributed by atoms with Crippen molar-refractivity contribution < 1.29 is 14.2 Å². The lowest BCUT2D eigenvalue weighted by Gasteiger charge is -2.11. The van der Waals surface area contributed by atoms with Crippen molar-refractivity contribution in [2.75, 3.05) is 28.4 Å². The van der Waals surface area contributed by atoms with Crippen LogP contribution in [0.2, 0.25) is 0 Å². The topological polar surface area (TPSA) is 57.3 Å². The van der Waals surface area contributed by atoms with E-state index >= 15 is 0 Å². The van der Waals surface area contributed by atoms with Crippen LogP contribution in [0.3, 0.4) is 0 Å². The van der Waals surface area contributed by atoms with Gasteiger partial charge in [-0.1, -0.05) is 18.2 Å². The van der Waals surface area contributed by atoms with Crippen LogP contribution in [0.25, 0.3) is 22.0 Å². The molecule has 7 heteroatoms. The second-order valence-corrected chi connectivity index (χ2v) is 7.95. The molecule has 0 radical (unpaired) electrons. The molecule has 4 aromatic rings. The maximum atomic E-state index is 5.55. The summed E-state index contributed by atoms with van der Waals surface area (Å²) in [6, 6.07) is 18.1. The lowest BCUT2D eigenvalue weighted by molar-refractivity contribution is 0.402. The molecule has 4 rings (SSSR count). The van der Waals surface area contributed by atoms with Gasteiger partial charge in [0.1, 0.15) is 17.2 Å². The van der Waals surface area contributed by atoms with Crippen LogP contribution in [-0.2, 0) is 0 Å². The van der Waals surface area contributed by atoms with Crippen LogP contribution in [0.5, 0.6) is 17.2 Å². The summed E-state index contributed by atoms with van der Waals surface area (Å²) in [7, 11) is 6.75. The first-order valence-electron chi connectivity index (χ1n) is 10.1. The standard InChI is InChI=1S/C25H25N3O3S/c1-16(22-14-21(30-4)10-11-24(22)31-5)27-28-23(15-32-25(28)26-2)19-7-6-18-13-20(29-3)9-8-17(18)12-19/h6-15H,1-5H3. The van der Waals surface area contributed by atoms with Crippen molar-refractivity contribution in [3.05, 3.63) is 70.3 Å². The minimum Gasteiger partial charge on any atom is -0.497 e. The second-order valence-electron chi connectivity index (χ2n) is 7.12.